The van der Waals surface area contributed by atoms with Crippen LogP contribution in [0.15, 0.2) is 55.0 Å². The average Bonchev–Trinajstić information content (AvgIpc) is 2.99. The van der Waals surface area contributed by atoms with Crippen LogP contribution in [0.2, 0.25) is 0 Å². The summed E-state index contributed by atoms with van der Waals surface area (Å²) in [6.45, 7) is 1.71. The van der Waals surface area contributed by atoms with Crippen molar-refractivity contribution in [2.75, 3.05) is 5.73 Å². The van der Waals surface area contributed by atoms with E-state index < -0.39 is 5.78 Å². The van der Waals surface area contributed by atoms with E-state index in [1.807, 2.05) is 12.1 Å². The highest BCUT2D eigenvalue weighted by atomic mass is 19.1. The number of hydrogen-bond donors (Lipinski definition) is 1. The van der Waals surface area contributed by atoms with E-state index in [1.165, 1.54) is 18.5 Å². The van der Waals surface area contributed by atoms with Crippen LogP contribution in [0.25, 0.3) is 16.8 Å². The molecule has 0 atom stereocenters. The molecule has 0 fully saturated rings. The number of halogens is 1. The number of rotatable bonds is 3. The fraction of sp³-hybridized carbons (Fsp3) is 0.0526. The van der Waals surface area contributed by atoms with Crippen LogP contribution in [0.4, 0.5) is 10.2 Å². The van der Waals surface area contributed by atoms with Crippen molar-refractivity contribution in [3.63, 3.8) is 0 Å². The highest BCUT2D eigenvalue weighted by Gasteiger charge is 2.21. The SMILES string of the molecule is Cc1c(F)cccc1-c1ccc2nc(N)c(C(=O)c3ncccn3)n2c1. The van der Waals surface area contributed by atoms with Crippen LogP contribution in [-0.2, 0) is 0 Å². The Labute approximate surface area is 148 Å². The molecule has 128 valence electrons. The summed E-state index contributed by atoms with van der Waals surface area (Å²) < 4.78 is 15.5. The molecule has 2 N–H and O–H groups in total. The summed E-state index contributed by atoms with van der Waals surface area (Å²) in [7, 11) is 0. The fourth-order valence-electron chi connectivity index (χ4n) is 2.89. The Kier molecular flexibility index (Phi) is 3.69. The van der Waals surface area contributed by atoms with Gasteiger partial charge in [-0.2, -0.15) is 0 Å². The Morgan fingerprint density at radius 2 is 1.88 bits per heavy atom. The summed E-state index contributed by atoms with van der Waals surface area (Å²) in [5.41, 5.74) is 8.66. The van der Waals surface area contributed by atoms with E-state index in [0.29, 0.717) is 11.2 Å². The summed E-state index contributed by atoms with van der Waals surface area (Å²) in [5.74, 6) is -0.589. The van der Waals surface area contributed by atoms with Crippen LogP contribution in [-0.4, -0.2) is 25.1 Å². The fourth-order valence-corrected chi connectivity index (χ4v) is 2.89. The lowest BCUT2D eigenvalue weighted by atomic mass is 10.0. The van der Waals surface area contributed by atoms with Gasteiger partial charge in [0.2, 0.25) is 5.82 Å². The van der Waals surface area contributed by atoms with Crippen LogP contribution in [0.5, 0.6) is 0 Å². The first kappa shape index (κ1) is 15.9. The number of nitrogen functional groups attached to an aromatic ring is 1. The Bertz CT molecular complexity index is 1140. The van der Waals surface area contributed by atoms with Crippen molar-refractivity contribution < 1.29 is 9.18 Å². The smallest absolute Gasteiger partial charge is 0.250 e. The predicted octanol–water partition coefficient (Wildman–Crippen LogP) is 3.05. The lowest BCUT2D eigenvalue weighted by molar-refractivity contribution is 0.102. The highest BCUT2D eigenvalue weighted by molar-refractivity contribution is 6.08. The second kappa shape index (κ2) is 6.03. The van der Waals surface area contributed by atoms with Gasteiger partial charge in [-0.15, -0.1) is 0 Å². The first-order chi connectivity index (χ1) is 12.6. The molecule has 1 aromatic carbocycles. The minimum atomic E-state index is -0.427. The van der Waals surface area contributed by atoms with Gasteiger partial charge in [0, 0.05) is 18.6 Å². The Hall–Kier alpha value is -3.61. The van der Waals surface area contributed by atoms with Crippen molar-refractivity contribution in [3.05, 3.63) is 77.9 Å². The topological polar surface area (TPSA) is 86.2 Å². The van der Waals surface area contributed by atoms with Crippen molar-refractivity contribution in [1.82, 2.24) is 19.4 Å². The molecule has 0 aliphatic carbocycles. The number of fused-ring (bicyclic) bond motifs is 1. The molecule has 0 aliphatic rings. The van der Waals surface area contributed by atoms with Gasteiger partial charge in [0.25, 0.3) is 5.78 Å². The number of anilines is 1. The molecule has 0 amide bonds. The largest absolute Gasteiger partial charge is 0.382 e. The minimum Gasteiger partial charge on any atom is -0.382 e. The summed E-state index contributed by atoms with van der Waals surface area (Å²) in [4.78, 5) is 25.0. The first-order valence-corrected chi connectivity index (χ1v) is 7.91. The third-order valence-corrected chi connectivity index (χ3v) is 4.21. The van der Waals surface area contributed by atoms with Gasteiger partial charge in [0.15, 0.2) is 5.82 Å². The number of nitrogens with two attached hydrogens (primary N) is 1. The van der Waals surface area contributed by atoms with Crippen LogP contribution >= 0.6 is 0 Å². The number of imidazole rings is 1. The molecule has 0 unspecified atom stereocenters. The molecule has 0 aliphatic heterocycles. The second-order valence-electron chi connectivity index (χ2n) is 5.81. The summed E-state index contributed by atoms with van der Waals surface area (Å²) in [5, 5.41) is 0. The molecule has 0 radical (unpaired) electrons. The van der Waals surface area contributed by atoms with E-state index in [1.54, 1.807) is 35.7 Å². The van der Waals surface area contributed by atoms with Crippen LogP contribution in [0.3, 0.4) is 0 Å². The molecule has 3 aromatic heterocycles. The standard InChI is InChI=1S/C19H14FN5O/c1-11-13(4-2-5-14(11)20)12-6-7-15-24-18(21)16(25(15)10-12)17(26)19-22-8-3-9-23-19/h2-10H,21H2,1H3. The number of benzene rings is 1. The third kappa shape index (κ3) is 2.50. The monoisotopic (exact) mass is 347 g/mol. The molecule has 0 saturated carbocycles. The molecule has 0 spiro atoms. The third-order valence-electron chi connectivity index (χ3n) is 4.21. The van der Waals surface area contributed by atoms with E-state index in [4.69, 9.17) is 5.73 Å². The molecule has 0 bridgehead atoms. The predicted molar refractivity (Wildman–Crippen MR) is 95.2 cm³/mol. The van der Waals surface area contributed by atoms with Gasteiger partial charge in [-0.1, -0.05) is 12.1 Å². The number of nitrogens with zero attached hydrogens (tertiary/aromatic N) is 4. The van der Waals surface area contributed by atoms with Crippen molar-refractivity contribution in [2.24, 2.45) is 0 Å². The average molecular weight is 347 g/mol. The number of carbonyl (C=O) groups is 1. The highest BCUT2D eigenvalue weighted by Crippen LogP contribution is 2.27. The quantitative estimate of drug-likeness (QED) is 0.576. The lowest BCUT2D eigenvalue weighted by Gasteiger charge is -2.08. The number of hydrogen-bond acceptors (Lipinski definition) is 5. The van der Waals surface area contributed by atoms with E-state index in [0.717, 1.165) is 11.1 Å². The molecule has 6 nitrogen and oxygen atoms in total. The summed E-state index contributed by atoms with van der Waals surface area (Å²) >= 11 is 0. The lowest BCUT2D eigenvalue weighted by Crippen LogP contribution is -2.11. The number of ketones is 1. The maximum absolute atomic E-state index is 13.9. The van der Waals surface area contributed by atoms with Gasteiger partial charge >= 0.3 is 0 Å². The molecular weight excluding hydrogens is 333 g/mol. The minimum absolute atomic E-state index is 0.0355. The molecule has 7 heteroatoms. The van der Waals surface area contributed by atoms with E-state index in [2.05, 4.69) is 15.0 Å². The number of aromatic nitrogens is 4. The zero-order valence-electron chi connectivity index (χ0n) is 13.8. The van der Waals surface area contributed by atoms with E-state index in [-0.39, 0.29) is 23.2 Å². The maximum atomic E-state index is 13.9. The molecular formula is C19H14FN5O. The van der Waals surface area contributed by atoms with Crippen LogP contribution < -0.4 is 5.73 Å². The molecule has 3 heterocycles. The van der Waals surface area contributed by atoms with Gasteiger partial charge in [-0.25, -0.2) is 19.3 Å². The van der Waals surface area contributed by atoms with Gasteiger partial charge in [0.1, 0.15) is 17.2 Å². The first-order valence-electron chi connectivity index (χ1n) is 7.91. The van der Waals surface area contributed by atoms with Gasteiger partial charge in [-0.3, -0.25) is 9.20 Å². The normalized spacial score (nSPS) is 11.0. The van der Waals surface area contributed by atoms with Gasteiger partial charge < -0.3 is 5.73 Å². The molecule has 0 saturated heterocycles. The Morgan fingerprint density at radius 1 is 1.12 bits per heavy atom. The Morgan fingerprint density at radius 3 is 2.65 bits per heavy atom. The van der Waals surface area contributed by atoms with Crippen molar-refractivity contribution in [2.45, 2.75) is 6.92 Å². The zero-order chi connectivity index (χ0) is 18.3. The molecule has 4 aromatic rings. The Balaban J connectivity index is 1.91. The van der Waals surface area contributed by atoms with Crippen molar-refractivity contribution in [1.29, 1.82) is 0 Å². The number of carbonyl (C=O) groups excluding carboxylic acids is 1. The molecule has 26 heavy (non-hydrogen) atoms. The summed E-state index contributed by atoms with van der Waals surface area (Å²) in [6, 6.07) is 10.1. The zero-order valence-corrected chi connectivity index (χ0v) is 13.8. The van der Waals surface area contributed by atoms with E-state index in [9.17, 15) is 9.18 Å². The van der Waals surface area contributed by atoms with E-state index >= 15 is 0 Å². The van der Waals surface area contributed by atoms with Crippen LogP contribution in [0.1, 0.15) is 21.9 Å². The van der Waals surface area contributed by atoms with Gasteiger partial charge in [-0.05, 0) is 47.9 Å². The molecule has 4 rings (SSSR count). The van der Waals surface area contributed by atoms with Gasteiger partial charge in [0.05, 0.1) is 0 Å². The van der Waals surface area contributed by atoms with Crippen molar-refractivity contribution in [3.8, 4) is 11.1 Å². The van der Waals surface area contributed by atoms with Crippen LogP contribution in [0, 0.1) is 12.7 Å². The van der Waals surface area contributed by atoms with Crippen molar-refractivity contribution >= 4 is 17.2 Å². The second-order valence-corrected chi connectivity index (χ2v) is 5.81. The number of pyridine rings is 1. The summed E-state index contributed by atoms with van der Waals surface area (Å²) in [6.07, 6.45) is 4.69. The maximum Gasteiger partial charge on any atom is 0.250 e.